The van der Waals surface area contributed by atoms with Crippen molar-refractivity contribution < 1.29 is 28.2 Å². The van der Waals surface area contributed by atoms with Crippen LogP contribution in [0.1, 0.15) is 5.56 Å². The molecule has 4 rings (SSSR count). The van der Waals surface area contributed by atoms with Crippen LogP contribution >= 0.6 is 0 Å². The summed E-state index contributed by atoms with van der Waals surface area (Å²) in [7, 11) is 3.02. The topological polar surface area (TPSA) is 99.1 Å². The first-order chi connectivity index (χ1) is 13.5. The number of para-hydroxylation sites is 1. The first kappa shape index (κ1) is 17.7. The molecule has 28 heavy (non-hydrogen) atoms. The minimum Gasteiger partial charge on any atom is -0.493 e. The predicted octanol–water partition coefficient (Wildman–Crippen LogP) is 3.85. The van der Waals surface area contributed by atoms with Gasteiger partial charge >= 0.3 is 11.6 Å². The highest BCUT2D eigenvalue weighted by molar-refractivity contribution is 6.04. The summed E-state index contributed by atoms with van der Waals surface area (Å²) in [5.74, 6) is 0.171. The normalized spacial score (nSPS) is 11.1. The molecule has 0 radical (unpaired) electrons. The van der Waals surface area contributed by atoms with Crippen LogP contribution in [0.5, 0.6) is 11.5 Å². The fourth-order valence-corrected chi connectivity index (χ4v) is 3.30. The monoisotopic (exact) mass is 380 g/mol. The van der Waals surface area contributed by atoms with Crippen molar-refractivity contribution in [2.45, 2.75) is 6.42 Å². The van der Waals surface area contributed by atoms with Gasteiger partial charge in [-0.1, -0.05) is 12.1 Å². The molecule has 0 spiro atoms. The lowest BCUT2D eigenvalue weighted by molar-refractivity contribution is -0.136. The van der Waals surface area contributed by atoms with Gasteiger partial charge in [0.1, 0.15) is 16.7 Å². The Balaban J connectivity index is 2.08. The van der Waals surface area contributed by atoms with E-state index in [1.807, 2.05) is 0 Å². The number of furan rings is 1. The van der Waals surface area contributed by atoms with Crippen LogP contribution in [-0.4, -0.2) is 25.3 Å². The number of carboxylic acids is 1. The van der Waals surface area contributed by atoms with Gasteiger partial charge in [0.15, 0.2) is 17.1 Å². The van der Waals surface area contributed by atoms with E-state index in [2.05, 4.69) is 0 Å². The third-order valence-electron chi connectivity index (χ3n) is 4.52. The standard InChI is InChI=1S/C21H16O7/c1-25-15-8-7-11(9-16(15)26-2)19-13(10-17(22)23)18-20(28-19)12-5-3-4-6-14(12)27-21(18)24/h3-9H,10H2,1-2H3,(H,22,23). The lowest BCUT2D eigenvalue weighted by atomic mass is 10.0. The quantitative estimate of drug-likeness (QED) is 0.525. The summed E-state index contributed by atoms with van der Waals surface area (Å²) >= 11 is 0. The molecule has 7 nitrogen and oxygen atoms in total. The predicted molar refractivity (Wildman–Crippen MR) is 102 cm³/mol. The number of aliphatic carboxylic acids is 1. The SMILES string of the molecule is COc1ccc(-c2oc3c(c2CC(=O)O)c(=O)oc2ccccc23)cc1OC. The molecule has 0 bridgehead atoms. The number of ether oxygens (including phenoxy) is 2. The number of carboxylic acid groups (broad SMARTS) is 1. The second kappa shape index (κ2) is 6.77. The van der Waals surface area contributed by atoms with Gasteiger partial charge < -0.3 is 23.4 Å². The maximum absolute atomic E-state index is 12.6. The molecule has 2 aromatic carbocycles. The van der Waals surface area contributed by atoms with Gasteiger partial charge in [0.25, 0.3) is 0 Å². The van der Waals surface area contributed by atoms with E-state index in [-0.39, 0.29) is 23.1 Å². The van der Waals surface area contributed by atoms with Crippen molar-refractivity contribution in [1.82, 2.24) is 0 Å². The fraction of sp³-hybridized carbons (Fsp3) is 0.143. The average Bonchev–Trinajstić information content (AvgIpc) is 3.07. The summed E-state index contributed by atoms with van der Waals surface area (Å²) in [5, 5.41) is 10.1. The summed E-state index contributed by atoms with van der Waals surface area (Å²) in [6.07, 6.45) is -0.389. The van der Waals surface area contributed by atoms with Crippen LogP contribution in [0.15, 0.2) is 56.1 Å². The van der Waals surface area contributed by atoms with Crippen molar-refractivity contribution in [1.29, 1.82) is 0 Å². The van der Waals surface area contributed by atoms with E-state index in [1.165, 1.54) is 14.2 Å². The van der Waals surface area contributed by atoms with E-state index in [0.717, 1.165) is 0 Å². The molecular formula is C21H16O7. The van der Waals surface area contributed by atoms with Gasteiger partial charge in [-0.3, -0.25) is 4.79 Å². The molecule has 0 unspecified atom stereocenters. The van der Waals surface area contributed by atoms with E-state index in [4.69, 9.17) is 18.3 Å². The molecule has 0 aliphatic carbocycles. The van der Waals surface area contributed by atoms with E-state index in [1.54, 1.807) is 42.5 Å². The third kappa shape index (κ3) is 2.77. The second-order valence-electron chi connectivity index (χ2n) is 6.14. The molecule has 0 aliphatic rings. The molecule has 0 amide bonds. The van der Waals surface area contributed by atoms with Gasteiger partial charge in [0, 0.05) is 11.1 Å². The molecule has 0 fully saturated rings. The van der Waals surface area contributed by atoms with Gasteiger partial charge in [0.2, 0.25) is 0 Å². The van der Waals surface area contributed by atoms with Crippen molar-refractivity contribution in [3.63, 3.8) is 0 Å². The molecule has 0 aliphatic heterocycles. The van der Waals surface area contributed by atoms with E-state index < -0.39 is 11.6 Å². The smallest absolute Gasteiger partial charge is 0.347 e. The zero-order valence-corrected chi connectivity index (χ0v) is 15.1. The lowest BCUT2D eigenvalue weighted by Gasteiger charge is -2.09. The summed E-state index contributed by atoms with van der Waals surface area (Å²) in [4.78, 5) is 24.1. The molecule has 7 heteroatoms. The molecule has 4 aromatic rings. The Hall–Kier alpha value is -3.74. The van der Waals surface area contributed by atoms with E-state index >= 15 is 0 Å². The largest absolute Gasteiger partial charge is 0.493 e. The number of fused-ring (bicyclic) bond motifs is 3. The van der Waals surface area contributed by atoms with Crippen molar-refractivity contribution >= 4 is 27.9 Å². The lowest BCUT2D eigenvalue weighted by Crippen LogP contribution is -2.06. The molecule has 0 saturated heterocycles. The summed E-state index contributed by atoms with van der Waals surface area (Å²) < 4.78 is 22.0. The molecule has 2 aromatic heterocycles. The van der Waals surface area contributed by atoms with Crippen LogP contribution in [0.3, 0.4) is 0 Å². The average molecular weight is 380 g/mol. The highest BCUT2D eigenvalue weighted by Gasteiger charge is 2.24. The Kier molecular flexibility index (Phi) is 4.27. The van der Waals surface area contributed by atoms with E-state index in [9.17, 15) is 14.7 Å². The molecule has 0 atom stereocenters. The van der Waals surface area contributed by atoms with Gasteiger partial charge in [-0.15, -0.1) is 0 Å². The van der Waals surface area contributed by atoms with Crippen LogP contribution in [0.25, 0.3) is 33.3 Å². The number of carbonyl (C=O) groups is 1. The first-order valence-corrected chi connectivity index (χ1v) is 8.45. The zero-order valence-electron chi connectivity index (χ0n) is 15.1. The zero-order chi connectivity index (χ0) is 19.8. The summed E-state index contributed by atoms with van der Waals surface area (Å²) in [6, 6.07) is 12.0. The van der Waals surface area contributed by atoms with Crippen molar-refractivity contribution in [2.24, 2.45) is 0 Å². The highest BCUT2D eigenvalue weighted by atomic mass is 16.5. The van der Waals surface area contributed by atoms with Gasteiger partial charge in [-0.2, -0.15) is 0 Å². The first-order valence-electron chi connectivity index (χ1n) is 8.45. The fourth-order valence-electron chi connectivity index (χ4n) is 3.30. The second-order valence-corrected chi connectivity index (χ2v) is 6.14. The van der Waals surface area contributed by atoms with Crippen LogP contribution < -0.4 is 15.1 Å². The highest BCUT2D eigenvalue weighted by Crippen LogP contribution is 2.39. The molecule has 2 heterocycles. The Morgan fingerprint density at radius 3 is 2.50 bits per heavy atom. The third-order valence-corrected chi connectivity index (χ3v) is 4.52. The van der Waals surface area contributed by atoms with Crippen LogP contribution in [0.4, 0.5) is 0 Å². The number of rotatable bonds is 5. The van der Waals surface area contributed by atoms with Crippen LogP contribution in [0, 0.1) is 0 Å². The van der Waals surface area contributed by atoms with Crippen molar-refractivity contribution in [3.05, 3.63) is 58.4 Å². The maximum Gasteiger partial charge on any atom is 0.347 e. The van der Waals surface area contributed by atoms with Crippen LogP contribution in [0.2, 0.25) is 0 Å². The maximum atomic E-state index is 12.6. The Labute approximate surface area is 158 Å². The number of benzene rings is 2. The Bertz CT molecular complexity index is 1260. The Morgan fingerprint density at radius 2 is 1.79 bits per heavy atom. The van der Waals surface area contributed by atoms with E-state index in [0.29, 0.717) is 33.6 Å². The van der Waals surface area contributed by atoms with Gasteiger partial charge in [-0.05, 0) is 30.3 Å². The molecule has 1 N–H and O–H groups in total. The molecule has 142 valence electrons. The Morgan fingerprint density at radius 1 is 1.04 bits per heavy atom. The van der Waals surface area contributed by atoms with Crippen LogP contribution in [-0.2, 0) is 11.2 Å². The number of hydrogen-bond donors (Lipinski definition) is 1. The van der Waals surface area contributed by atoms with Crippen molar-refractivity contribution in [3.8, 4) is 22.8 Å². The molecule has 0 saturated carbocycles. The number of hydrogen-bond acceptors (Lipinski definition) is 6. The minimum absolute atomic E-state index is 0.130. The van der Waals surface area contributed by atoms with Gasteiger partial charge in [0.05, 0.1) is 26.0 Å². The van der Waals surface area contributed by atoms with Crippen molar-refractivity contribution in [2.75, 3.05) is 14.2 Å². The summed E-state index contributed by atoms with van der Waals surface area (Å²) in [6.45, 7) is 0. The minimum atomic E-state index is -1.09. The van der Waals surface area contributed by atoms with Gasteiger partial charge in [-0.25, -0.2) is 4.79 Å². The molecular weight excluding hydrogens is 364 g/mol. The number of methoxy groups -OCH3 is 2. The summed E-state index contributed by atoms with van der Waals surface area (Å²) in [5.41, 5.74) is 0.852.